The number of esters is 1. The number of hydrogen-bond acceptors (Lipinski definition) is 4. The van der Waals surface area contributed by atoms with Crippen LogP contribution < -0.4 is 11.1 Å². The summed E-state index contributed by atoms with van der Waals surface area (Å²) >= 11 is 0. The minimum absolute atomic E-state index is 0.305. The first-order chi connectivity index (χ1) is 8.74. The van der Waals surface area contributed by atoms with E-state index in [9.17, 15) is 4.79 Å². The van der Waals surface area contributed by atoms with E-state index in [-0.39, 0.29) is 5.97 Å². The zero-order valence-electron chi connectivity index (χ0n) is 10.7. The topological polar surface area (TPSA) is 64.3 Å². The molecule has 1 fully saturated rings. The Bertz CT molecular complexity index is 420. The first-order valence-electron chi connectivity index (χ1n) is 6.39. The minimum atomic E-state index is -0.305. The van der Waals surface area contributed by atoms with Crippen LogP contribution in [0.3, 0.4) is 0 Å². The highest BCUT2D eigenvalue weighted by atomic mass is 16.5. The van der Waals surface area contributed by atoms with Crippen LogP contribution in [0.5, 0.6) is 0 Å². The summed E-state index contributed by atoms with van der Waals surface area (Å²) in [6, 6.07) is 7.84. The van der Waals surface area contributed by atoms with Crippen molar-refractivity contribution in [2.75, 3.05) is 19.0 Å². The van der Waals surface area contributed by atoms with Crippen molar-refractivity contribution in [2.45, 2.75) is 25.3 Å². The van der Waals surface area contributed by atoms with Crippen LogP contribution >= 0.6 is 0 Å². The quantitative estimate of drug-likeness (QED) is 0.800. The Kier molecular flexibility index (Phi) is 4.20. The lowest BCUT2D eigenvalue weighted by Gasteiger charge is -2.20. The maximum atomic E-state index is 11.5. The number of ether oxygens (including phenoxy) is 1. The second-order valence-electron chi connectivity index (χ2n) is 4.75. The fraction of sp³-hybridized carbons (Fsp3) is 0.500. The number of nitrogens with one attached hydrogen (secondary N) is 1. The Morgan fingerprint density at radius 1 is 1.50 bits per heavy atom. The molecule has 1 aliphatic carbocycles. The Hall–Kier alpha value is -1.55. The Morgan fingerprint density at radius 2 is 2.33 bits per heavy atom. The van der Waals surface area contributed by atoms with Gasteiger partial charge in [-0.05, 0) is 43.5 Å². The monoisotopic (exact) mass is 248 g/mol. The van der Waals surface area contributed by atoms with Gasteiger partial charge in [0.15, 0.2) is 0 Å². The number of benzene rings is 1. The maximum Gasteiger partial charge on any atom is 0.337 e. The SMILES string of the molecule is COC(=O)c1cccc(NC2CCCC2CN)c1. The molecule has 98 valence electrons. The van der Waals surface area contributed by atoms with Crippen LogP contribution in [0.25, 0.3) is 0 Å². The maximum absolute atomic E-state index is 11.5. The molecule has 0 amide bonds. The molecule has 3 N–H and O–H groups in total. The van der Waals surface area contributed by atoms with Gasteiger partial charge in [-0.2, -0.15) is 0 Å². The molecule has 0 aliphatic heterocycles. The van der Waals surface area contributed by atoms with Crippen molar-refractivity contribution < 1.29 is 9.53 Å². The third-order valence-electron chi connectivity index (χ3n) is 3.60. The number of anilines is 1. The van der Waals surface area contributed by atoms with Crippen LogP contribution in [0.1, 0.15) is 29.6 Å². The van der Waals surface area contributed by atoms with Crippen molar-refractivity contribution in [1.29, 1.82) is 0 Å². The lowest BCUT2D eigenvalue weighted by molar-refractivity contribution is 0.0601. The van der Waals surface area contributed by atoms with Gasteiger partial charge in [0.05, 0.1) is 12.7 Å². The number of rotatable bonds is 4. The number of carbonyl (C=O) groups excluding carboxylic acids is 1. The molecule has 1 saturated carbocycles. The lowest BCUT2D eigenvalue weighted by Crippen LogP contribution is -2.29. The van der Waals surface area contributed by atoms with Gasteiger partial charge < -0.3 is 15.8 Å². The summed E-state index contributed by atoms with van der Waals surface area (Å²) in [4.78, 5) is 11.5. The van der Waals surface area contributed by atoms with Gasteiger partial charge in [0.2, 0.25) is 0 Å². The number of methoxy groups -OCH3 is 1. The molecular formula is C14H20N2O2. The number of carbonyl (C=O) groups is 1. The molecular weight excluding hydrogens is 228 g/mol. The molecule has 0 bridgehead atoms. The molecule has 0 radical (unpaired) electrons. The summed E-state index contributed by atoms with van der Waals surface area (Å²) < 4.78 is 4.72. The van der Waals surface area contributed by atoms with Crippen molar-refractivity contribution in [2.24, 2.45) is 11.7 Å². The van der Waals surface area contributed by atoms with Crippen LogP contribution in [0.2, 0.25) is 0 Å². The van der Waals surface area contributed by atoms with Crippen molar-refractivity contribution >= 4 is 11.7 Å². The van der Waals surface area contributed by atoms with Gasteiger partial charge in [0, 0.05) is 11.7 Å². The van der Waals surface area contributed by atoms with Crippen molar-refractivity contribution in [3.63, 3.8) is 0 Å². The average molecular weight is 248 g/mol. The number of nitrogens with two attached hydrogens (primary N) is 1. The number of hydrogen-bond donors (Lipinski definition) is 2. The molecule has 18 heavy (non-hydrogen) atoms. The van der Waals surface area contributed by atoms with E-state index < -0.39 is 0 Å². The molecule has 0 saturated heterocycles. The fourth-order valence-corrected chi connectivity index (χ4v) is 2.58. The van der Waals surface area contributed by atoms with Gasteiger partial charge in [-0.3, -0.25) is 0 Å². The highest BCUT2D eigenvalue weighted by Gasteiger charge is 2.25. The zero-order chi connectivity index (χ0) is 13.0. The van der Waals surface area contributed by atoms with E-state index in [0.717, 1.165) is 12.1 Å². The van der Waals surface area contributed by atoms with Crippen LogP contribution in [0.15, 0.2) is 24.3 Å². The standard InChI is InChI=1S/C14H20N2O2/c1-18-14(17)10-4-2-6-12(8-10)16-13-7-3-5-11(13)9-15/h2,4,6,8,11,13,16H,3,5,7,9,15H2,1H3. The van der Waals surface area contributed by atoms with E-state index in [0.29, 0.717) is 24.1 Å². The molecule has 1 aromatic rings. The molecule has 0 spiro atoms. The van der Waals surface area contributed by atoms with Gasteiger partial charge in [-0.15, -0.1) is 0 Å². The smallest absolute Gasteiger partial charge is 0.337 e. The van der Waals surface area contributed by atoms with Gasteiger partial charge in [0.25, 0.3) is 0 Å². The van der Waals surface area contributed by atoms with E-state index in [4.69, 9.17) is 10.5 Å². The van der Waals surface area contributed by atoms with Gasteiger partial charge in [-0.25, -0.2) is 4.79 Å². The molecule has 2 rings (SSSR count). The summed E-state index contributed by atoms with van der Waals surface area (Å²) in [5, 5.41) is 3.47. The highest BCUT2D eigenvalue weighted by Crippen LogP contribution is 2.28. The Labute approximate surface area is 108 Å². The molecule has 0 aromatic heterocycles. The molecule has 1 aromatic carbocycles. The lowest BCUT2D eigenvalue weighted by atomic mass is 10.0. The second-order valence-corrected chi connectivity index (χ2v) is 4.75. The van der Waals surface area contributed by atoms with Crippen LogP contribution in [0, 0.1) is 5.92 Å². The van der Waals surface area contributed by atoms with E-state index in [1.165, 1.54) is 20.0 Å². The minimum Gasteiger partial charge on any atom is -0.465 e. The van der Waals surface area contributed by atoms with Crippen molar-refractivity contribution in [3.8, 4) is 0 Å². The predicted molar refractivity (Wildman–Crippen MR) is 71.6 cm³/mol. The van der Waals surface area contributed by atoms with Gasteiger partial charge >= 0.3 is 5.97 Å². The van der Waals surface area contributed by atoms with Gasteiger partial charge in [0.1, 0.15) is 0 Å². The van der Waals surface area contributed by atoms with Crippen LogP contribution in [-0.2, 0) is 4.74 Å². The molecule has 4 nitrogen and oxygen atoms in total. The first-order valence-corrected chi connectivity index (χ1v) is 6.39. The normalized spacial score (nSPS) is 22.8. The molecule has 0 heterocycles. The summed E-state index contributed by atoms with van der Waals surface area (Å²) in [7, 11) is 1.39. The van der Waals surface area contributed by atoms with Crippen LogP contribution in [-0.4, -0.2) is 25.7 Å². The second kappa shape index (κ2) is 5.87. The Balaban J connectivity index is 2.07. The average Bonchev–Trinajstić information content (AvgIpc) is 2.85. The van der Waals surface area contributed by atoms with E-state index in [1.54, 1.807) is 6.07 Å². The zero-order valence-corrected chi connectivity index (χ0v) is 10.7. The van der Waals surface area contributed by atoms with Gasteiger partial charge in [-0.1, -0.05) is 12.5 Å². The summed E-state index contributed by atoms with van der Waals surface area (Å²) in [6.45, 7) is 0.717. The van der Waals surface area contributed by atoms with E-state index in [1.807, 2.05) is 18.2 Å². The van der Waals surface area contributed by atoms with E-state index >= 15 is 0 Å². The summed E-state index contributed by atoms with van der Waals surface area (Å²) in [5.41, 5.74) is 7.30. The first kappa shape index (κ1) is 12.9. The van der Waals surface area contributed by atoms with Crippen molar-refractivity contribution in [1.82, 2.24) is 0 Å². The van der Waals surface area contributed by atoms with Crippen molar-refractivity contribution in [3.05, 3.63) is 29.8 Å². The fourth-order valence-electron chi connectivity index (χ4n) is 2.58. The largest absolute Gasteiger partial charge is 0.465 e. The highest BCUT2D eigenvalue weighted by molar-refractivity contribution is 5.90. The molecule has 2 unspecified atom stereocenters. The third kappa shape index (κ3) is 2.82. The van der Waals surface area contributed by atoms with Crippen LogP contribution in [0.4, 0.5) is 5.69 Å². The molecule has 4 heteroatoms. The van der Waals surface area contributed by atoms with E-state index in [2.05, 4.69) is 5.32 Å². The molecule has 2 atom stereocenters. The summed E-state index contributed by atoms with van der Waals surface area (Å²) in [5.74, 6) is 0.229. The molecule has 1 aliphatic rings. The Morgan fingerprint density at radius 3 is 3.06 bits per heavy atom. The summed E-state index contributed by atoms with van der Waals surface area (Å²) in [6.07, 6.45) is 3.55. The predicted octanol–water partition coefficient (Wildman–Crippen LogP) is 2.01. The third-order valence-corrected chi connectivity index (χ3v) is 3.60.